The molecule has 1 saturated heterocycles. The summed E-state index contributed by atoms with van der Waals surface area (Å²) in [6.07, 6.45) is 1.28. The van der Waals surface area contributed by atoms with E-state index in [4.69, 9.17) is 5.26 Å². The highest BCUT2D eigenvalue weighted by molar-refractivity contribution is 6.07. The van der Waals surface area contributed by atoms with Crippen molar-refractivity contribution in [2.45, 2.75) is 19.4 Å². The van der Waals surface area contributed by atoms with Crippen molar-refractivity contribution in [2.24, 2.45) is 5.92 Å². The van der Waals surface area contributed by atoms with Gasteiger partial charge in [-0.15, -0.1) is 5.10 Å². The van der Waals surface area contributed by atoms with E-state index in [9.17, 15) is 14.4 Å². The van der Waals surface area contributed by atoms with Crippen molar-refractivity contribution in [1.29, 1.82) is 5.26 Å². The molecule has 0 spiro atoms. The van der Waals surface area contributed by atoms with Crippen LogP contribution in [0.1, 0.15) is 29.9 Å². The van der Waals surface area contributed by atoms with Crippen LogP contribution in [0, 0.1) is 17.2 Å². The number of imide groups is 1. The number of carbonyl (C=O) groups excluding carboxylic acids is 3. The highest BCUT2D eigenvalue weighted by Crippen LogP contribution is 2.20. The molecule has 4 amide bonds. The Hall–Kier alpha value is -3.74. The average molecular weight is 367 g/mol. The molecule has 10 nitrogen and oxygen atoms in total. The van der Waals surface area contributed by atoms with Gasteiger partial charge >= 0.3 is 6.03 Å². The molecule has 3 rings (SSSR count). The predicted octanol–water partition coefficient (Wildman–Crippen LogP) is 0.103. The number of nitrogens with one attached hydrogen (secondary N) is 3. The molecule has 1 fully saturated rings. The zero-order chi connectivity index (χ0) is 19.6. The first-order valence-electron chi connectivity index (χ1n) is 8.20. The summed E-state index contributed by atoms with van der Waals surface area (Å²) in [6, 6.07) is 8.05. The lowest BCUT2D eigenvalue weighted by atomic mass is 9.86. The number of amides is 4. The first-order chi connectivity index (χ1) is 12.9. The fourth-order valence-electron chi connectivity index (χ4n) is 2.74. The summed E-state index contributed by atoms with van der Waals surface area (Å²) in [5.74, 6) is -1.26. The third-order valence-electron chi connectivity index (χ3n) is 4.41. The number of hydrogen-bond acceptors (Lipinski definition) is 6. The summed E-state index contributed by atoms with van der Waals surface area (Å²) in [6.45, 7) is 3.46. The standard InChI is InChI=1S/C17H17N7O3/c1-10(2)17(15(26)21-16(27)22-17)9-19-14(25)13-8-20-24(23-13)12-5-3-4-11(6-12)7-18/h3-6,8,10H,9H2,1-2H3,(H,19,25)(H2,21,22,26,27)/t17-/m0/s1. The summed E-state index contributed by atoms with van der Waals surface area (Å²) < 4.78 is 0. The highest BCUT2D eigenvalue weighted by atomic mass is 16.2. The number of urea groups is 1. The number of carbonyl (C=O) groups is 3. The summed E-state index contributed by atoms with van der Waals surface area (Å²) >= 11 is 0. The van der Waals surface area contributed by atoms with Crippen LogP contribution in [0.5, 0.6) is 0 Å². The number of nitrogens with zero attached hydrogens (tertiary/aromatic N) is 4. The van der Waals surface area contributed by atoms with Gasteiger partial charge in [0.25, 0.3) is 11.8 Å². The van der Waals surface area contributed by atoms with Gasteiger partial charge in [-0.2, -0.15) is 15.2 Å². The molecule has 138 valence electrons. The molecule has 0 bridgehead atoms. The van der Waals surface area contributed by atoms with Gasteiger partial charge in [0, 0.05) is 0 Å². The van der Waals surface area contributed by atoms with Crippen molar-refractivity contribution < 1.29 is 14.4 Å². The lowest BCUT2D eigenvalue weighted by Crippen LogP contribution is -2.58. The monoisotopic (exact) mass is 367 g/mol. The normalized spacial score (nSPS) is 18.7. The fourth-order valence-corrected chi connectivity index (χ4v) is 2.74. The third-order valence-corrected chi connectivity index (χ3v) is 4.41. The van der Waals surface area contributed by atoms with Crippen molar-refractivity contribution in [3.63, 3.8) is 0 Å². The van der Waals surface area contributed by atoms with Crippen LogP contribution in [0.2, 0.25) is 0 Å². The molecule has 2 heterocycles. The Balaban J connectivity index is 1.74. The molecule has 0 radical (unpaired) electrons. The summed E-state index contributed by atoms with van der Waals surface area (Å²) in [7, 11) is 0. The zero-order valence-electron chi connectivity index (χ0n) is 14.7. The second-order valence-corrected chi connectivity index (χ2v) is 6.40. The van der Waals surface area contributed by atoms with Gasteiger partial charge in [0.2, 0.25) is 0 Å². The van der Waals surface area contributed by atoms with Crippen LogP contribution in [-0.4, -0.2) is 44.9 Å². The second kappa shape index (κ2) is 6.87. The molecular formula is C17H17N7O3. The number of rotatable bonds is 5. The first kappa shape index (κ1) is 18.1. The van der Waals surface area contributed by atoms with E-state index in [-0.39, 0.29) is 18.2 Å². The molecule has 1 aromatic carbocycles. The van der Waals surface area contributed by atoms with Crippen LogP contribution < -0.4 is 16.0 Å². The molecule has 3 N–H and O–H groups in total. The number of aromatic nitrogens is 3. The molecule has 1 aliphatic rings. The van der Waals surface area contributed by atoms with Gasteiger partial charge < -0.3 is 10.6 Å². The van der Waals surface area contributed by atoms with E-state index in [0.717, 1.165) is 0 Å². The fraction of sp³-hybridized carbons (Fsp3) is 0.294. The van der Waals surface area contributed by atoms with Crippen LogP contribution in [0.15, 0.2) is 30.5 Å². The molecular weight excluding hydrogens is 350 g/mol. The van der Waals surface area contributed by atoms with Crippen molar-refractivity contribution in [3.8, 4) is 11.8 Å². The molecule has 1 aliphatic heterocycles. The summed E-state index contributed by atoms with van der Waals surface area (Å²) in [5, 5.41) is 24.5. The Morgan fingerprint density at radius 3 is 2.81 bits per heavy atom. The van der Waals surface area contributed by atoms with Gasteiger partial charge in [0.15, 0.2) is 5.69 Å². The second-order valence-electron chi connectivity index (χ2n) is 6.40. The van der Waals surface area contributed by atoms with E-state index >= 15 is 0 Å². The topological polar surface area (TPSA) is 142 Å². The van der Waals surface area contributed by atoms with Crippen LogP contribution >= 0.6 is 0 Å². The number of hydrogen-bond donors (Lipinski definition) is 3. The van der Waals surface area contributed by atoms with Gasteiger partial charge in [-0.25, -0.2) is 4.79 Å². The van der Waals surface area contributed by atoms with Crippen molar-refractivity contribution >= 4 is 17.8 Å². The van der Waals surface area contributed by atoms with E-state index in [1.54, 1.807) is 38.1 Å². The number of nitriles is 1. The smallest absolute Gasteiger partial charge is 0.322 e. The maximum absolute atomic E-state index is 12.4. The Labute approximate surface area is 154 Å². The predicted molar refractivity (Wildman–Crippen MR) is 92.7 cm³/mol. The largest absolute Gasteiger partial charge is 0.348 e. The van der Waals surface area contributed by atoms with Gasteiger partial charge in [0.05, 0.1) is 30.1 Å². The lowest BCUT2D eigenvalue weighted by Gasteiger charge is -2.30. The maximum atomic E-state index is 12.4. The highest BCUT2D eigenvalue weighted by Gasteiger charge is 2.48. The quantitative estimate of drug-likeness (QED) is 0.640. The van der Waals surface area contributed by atoms with Crippen molar-refractivity contribution in [1.82, 2.24) is 30.9 Å². The van der Waals surface area contributed by atoms with Crippen LogP contribution in [0.4, 0.5) is 4.79 Å². The lowest BCUT2D eigenvalue weighted by molar-refractivity contribution is -0.125. The number of benzene rings is 1. The third kappa shape index (κ3) is 3.35. The van der Waals surface area contributed by atoms with E-state index in [1.165, 1.54) is 11.0 Å². The SMILES string of the molecule is CC(C)[C@]1(CNC(=O)c2cnn(-c3cccc(C#N)c3)n2)NC(=O)NC1=O. The van der Waals surface area contributed by atoms with Crippen LogP contribution in [0.3, 0.4) is 0 Å². The first-order valence-corrected chi connectivity index (χ1v) is 8.20. The Morgan fingerprint density at radius 2 is 2.19 bits per heavy atom. The summed E-state index contributed by atoms with van der Waals surface area (Å²) in [5.41, 5.74) is -0.197. The zero-order valence-corrected chi connectivity index (χ0v) is 14.7. The van der Waals surface area contributed by atoms with Crippen molar-refractivity contribution in [2.75, 3.05) is 6.54 Å². The Kier molecular flexibility index (Phi) is 4.60. The molecule has 10 heteroatoms. The maximum Gasteiger partial charge on any atom is 0.322 e. The molecule has 0 aliphatic carbocycles. The van der Waals surface area contributed by atoms with E-state index in [1.807, 2.05) is 6.07 Å². The van der Waals surface area contributed by atoms with Gasteiger partial charge in [0.1, 0.15) is 5.54 Å². The molecule has 0 saturated carbocycles. The summed E-state index contributed by atoms with van der Waals surface area (Å²) in [4.78, 5) is 37.3. The molecule has 1 atom stereocenters. The van der Waals surface area contributed by atoms with Crippen LogP contribution in [0.25, 0.3) is 5.69 Å². The minimum Gasteiger partial charge on any atom is -0.348 e. The molecule has 0 unspecified atom stereocenters. The molecule has 1 aromatic heterocycles. The van der Waals surface area contributed by atoms with Gasteiger partial charge in [-0.1, -0.05) is 19.9 Å². The average Bonchev–Trinajstić information content (AvgIpc) is 3.25. The molecule has 27 heavy (non-hydrogen) atoms. The van der Waals surface area contributed by atoms with Gasteiger partial charge in [-0.3, -0.25) is 14.9 Å². The van der Waals surface area contributed by atoms with Crippen molar-refractivity contribution in [3.05, 3.63) is 41.7 Å². The Morgan fingerprint density at radius 1 is 1.41 bits per heavy atom. The Bertz CT molecular complexity index is 959. The van der Waals surface area contributed by atoms with E-state index in [2.05, 4.69) is 26.1 Å². The van der Waals surface area contributed by atoms with Crippen LogP contribution in [-0.2, 0) is 4.79 Å². The van der Waals surface area contributed by atoms with E-state index in [0.29, 0.717) is 11.3 Å². The minimum absolute atomic E-state index is 0.0426. The molecule has 2 aromatic rings. The minimum atomic E-state index is -1.22. The van der Waals surface area contributed by atoms with Gasteiger partial charge in [-0.05, 0) is 24.1 Å². The van der Waals surface area contributed by atoms with E-state index < -0.39 is 23.4 Å².